The van der Waals surface area contributed by atoms with Crippen LogP contribution in [0.15, 0.2) is 0 Å². The molecule has 5 nitrogen and oxygen atoms in total. The summed E-state index contributed by atoms with van der Waals surface area (Å²) < 4.78 is 0. The van der Waals surface area contributed by atoms with Crippen molar-refractivity contribution in [1.29, 1.82) is 0 Å². The van der Waals surface area contributed by atoms with Gasteiger partial charge in [-0.15, -0.1) is 0 Å². The zero-order valence-electron chi connectivity index (χ0n) is 10.7. The van der Waals surface area contributed by atoms with Crippen LogP contribution in [0.25, 0.3) is 0 Å². The van der Waals surface area contributed by atoms with E-state index in [2.05, 4.69) is 0 Å². The van der Waals surface area contributed by atoms with E-state index in [0.29, 0.717) is 12.3 Å². The molecule has 102 valence electrons. The SMILES string of the molecule is N[C@H]1CCCC(C2CCCC2)N(CC(=O)O)C1=O. The topological polar surface area (TPSA) is 83.6 Å². The number of likely N-dealkylation sites (tertiary alicyclic amines) is 1. The highest BCUT2D eigenvalue weighted by atomic mass is 16.4. The van der Waals surface area contributed by atoms with Crippen molar-refractivity contribution in [1.82, 2.24) is 4.90 Å². The number of hydrogen-bond donors (Lipinski definition) is 2. The Morgan fingerprint density at radius 3 is 2.50 bits per heavy atom. The molecule has 0 aromatic carbocycles. The highest BCUT2D eigenvalue weighted by Crippen LogP contribution is 2.34. The van der Waals surface area contributed by atoms with Crippen LogP contribution >= 0.6 is 0 Å². The third-order valence-electron chi connectivity index (χ3n) is 4.27. The van der Waals surface area contributed by atoms with Crippen LogP contribution < -0.4 is 5.73 Å². The van der Waals surface area contributed by atoms with Crippen LogP contribution in [0, 0.1) is 5.92 Å². The Balaban J connectivity index is 2.16. The lowest BCUT2D eigenvalue weighted by Crippen LogP contribution is -2.50. The minimum absolute atomic E-state index is 0.0876. The number of hydrogen-bond acceptors (Lipinski definition) is 3. The molecule has 1 amide bonds. The Kier molecular flexibility index (Phi) is 4.22. The summed E-state index contributed by atoms with van der Waals surface area (Å²) >= 11 is 0. The number of carbonyl (C=O) groups excluding carboxylic acids is 1. The molecule has 0 aromatic rings. The molecule has 1 aliphatic heterocycles. The molecule has 1 unspecified atom stereocenters. The second kappa shape index (κ2) is 5.69. The van der Waals surface area contributed by atoms with E-state index in [-0.39, 0.29) is 18.5 Å². The first kappa shape index (κ1) is 13.3. The fourth-order valence-corrected chi connectivity index (χ4v) is 3.38. The molecule has 1 saturated carbocycles. The van der Waals surface area contributed by atoms with Gasteiger partial charge in [-0.05, 0) is 38.0 Å². The van der Waals surface area contributed by atoms with E-state index in [1.807, 2.05) is 0 Å². The smallest absolute Gasteiger partial charge is 0.323 e. The fourth-order valence-electron chi connectivity index (χ4n) is 3.38. The normalized spacial score (nSPS) is 30.5. The standard InChI is InChI=1S/C13H22N2O3/c14-10-6-3-7-11(9-4-1-2-5-9)15(13(10)18)8-12(16)17/h9-11H,1-8,14H2,(H,16,17)/t10-,11?/m0/s1. The summed E-state index contributed by atoms with van der Waals surface area (Å²) in [6.45, 7) is -0.201. The molecule has 1 aliphatic carbocycles. The van der Waals surface area contributed by atoms with Crippen molar-refractivity contribution in [2.45, 2.75) is 57.0 Å². The quantitative estimate of drug-likeness (QED) is 0.786. The number of carboxylic acid groups (broad SMARTS) is 1. The van der Waals surface area contributed by atoms with Gasteiger partial charge in [-0.1, -0.05) is 12.8 Å². The van der Waals surface area contributed by atoms with Crippen molar-refractivity contribution in [2.75, 3.05) is 6.54 Å². The summed E-state index contributed by atoms with van der Waals surface area (Å²) in [5, 5.41) is 8.99. The fraction of sp³-hybridized carbons (Fsp3) is 0.846. The van der Waals surface area contributed by atoms with Crippen LogP contribution in [0.3, 0.4) is 0 Å². The van der Waals surface area contributed by atoms with Crippen molar-refractivity contribution in [3.8, 4) is 0 Å². The second-order valence-electron chi connectivity index (χ2n) is 5.51. The lowest BCUT2D eigenvalue weighted by Gasteiger charge is -2.34. The molecule has 2 rings (SSSR count). The average molecular weight is 254 g/mol. The van der Waals surface area contributed by atoms with E-state index >= 15 is 0 Å². The van der Waals surface area contributed by atoms with Gasteiger partial charge in [-0.3, -0.25) is 9.59 Å². The molecule has 2 aliphatic rings. The molecular formula is C13H22N2O3. The van der Waals surface area contributed by atoms with Gasteiger partial charge in [0.15, 0.2) is 0 Å². The Bertz CT molecular complexity index is 326. The van der Waals surface area contributed by atoms with Gasteiger partial charge in [-0.2, -0.15) is 0 Å². The summed E-state index contributed by atoms with van der Waals surface area (Å²) in [6, 6.07) is -0.430. The molecule has 0 spiro atoms. The van der Waals surface area contributed by atoms with E-state index < -0.39 is 12.0 Å². The minimum atomic E-state index is -0.944. The second-order valence-corrected chi connectivity index (χ2v) is 5.51. The number of aliphatic carboxylic acids is 1. The summed E-state index contributed by atoms with van der Waals surface area (Å²) in [5.74, 6) is -0.647. The summed E-state index contributed by atoms with van der Waals surface area (Å²) in [5.41, 5.74) is 5.82. The monoisotopic (exact) mass is 254 g/mol. The summed E-state index contributed by atoms with van der Waals surface area (Å²) in [6.07, 6.45) is 7.12. The van der Waals surface area contributed by atoms with Gasteiger partial charge in [0.25, 0.3) is 0 Å². The predicted molar refractivity (Wildman–Crippen MR) is 66.9 cm³/mol. The number of carboxylic acids is 1. The van der Waals surface area contributed by atoms with Crippen LogP contribution in [0.1, 0.15) is 44.9 Å². The minimum Gasteiger partial charge on any atom is -0.480 e. The first-order chi connectivity index (χ1) is 8.59. The Hall–Kier alpha value is -1.10. The van der Waals surface area contributed by atoms with Crippen LogP contribution in [-0.4, -0.2) is 40.5 Å². The van der Waals surface area contributed by atoms with Gasteiger partial charge in [-0.25, -0.2) is 0 Å². The van der Waals surface area contributed by atoms with E-state index in [0.717, 1.165) is 25.7 Å². The van der Waals surface area contributed by atoms with Gasteiger partial charge in [0, 0.05) is 6.04 Å². The van der Waals surface area contributed by atoms with Gasteiger partial charge in [0.1, 0.15) is 6.54 Å². The zero-order valence-corrected chi connectivity index (χ0v) is 10.7. The van der Waals surface area contributed by atoms with Crippen LogP contribution in [-0.2, 0) is 9.59 Å². The molecule has 5 heteroatoms. The van der Waals surface area contributed by atoms with Crippen molar-refractivity contribution < 1.29 is 14.7 Å². The molecular weight excluding hydrogens is 232 g/mol. The van der Waals surface area contributed by atoms with Crippen molar-refractivity contribution in [3.63, 3.8) is 0 Å². The summed E-state index contributed by atoms with van der Waals surface area (Å²) in [4.78, 5) is 24.7. The largest absolute Gasteiger partial charge is 0.480 e. The van der Waals surface area contributed by atoms with Gasteiger partial charge in [0.05, 0.1) is 6.04 Å². The van der Waals surface area contributed by atoms with Crippen molar-refractivity contribution in [3.05, 3.63) is 0 Å². The van der Waals surface area contributed by atoms with Crippen LogP contribution in [0.2, 0.25) is 0 Å². The highest BCUT2D eigenvalue weighted by Gasteiger charge is 2.37. The third-order valence-corrected chi connectivity index (χ3v) is 4.27. The van der Waals surface area contributed by atoms with E-state index in [1.165, 1.54) is 17.7 Å². The molecule has 1 saturated heterocycles. The average Bonchev–Trinajstić information content (AvgIpc) is 2.80. The van der Waals surface area contributed by atoms with Crippen LogP contribution in [0.4, 0.5) is 0 Å². The molecule has 2 fully saturated rings. The Morgan fingerprint density at radius 1 is 1.22 bits per heavy atom. The van der Waals surface area contributed by atoms with E-state index in [1.54, 1.807) is 0 Å². The molecule has 0 radical (unpaired) electrons. The molecule has 0 bridgehead atoms. The maximum absolute atomic E-state index is 12.2. The van der Waals surface area contributed by atoms with E-state index in [9.17, 15) is 9.59 Å². The van der Waals surface area contributed by atoms with Crippen molar-refractivity contribution in [2.24, 2.45) is 11.7 Å². The lowest BCUT2D eigenvalue weighted by molar-refractivity contribution is -0.147. The molecule has 18 heavy (non-hydrogen) atoms. The predicted octanol–water partition coefficient (Wildman–Crippen LogP) is 0.970. The van der Waals surface area contributed by atoms with Crippen molar-refractivity contribution >= 4 is 11.9 Å². The van der Waals surface area contributed by atoms with Gasteiger partial charge < -0.3 is 15.7 Å². The van der Waals surface area contributed by atoms with Gasteiger partial charge >= 0.3 is 5.97 Å². The van der Waals surface area contributed by atoms with E-state index in [4.69, 9.17) is 10.8 Å². The molecule has 3 N–H and O–H groups in total. The number of nitrogens with zero attached hydrogens (tertiary/aromatic N) is 1. The number of rotatable bonds is 3. The maximum atomic E-state index is 12.2. The van der Waals surface area contributed by atoms with Crippen LogP contribution in [0.5, 0.6) is 0 Å². The first-order valence-electron chi connectivity index (χ1n) is 6.87. The highest BCUT2D eigenvalue weighted by molar-refractivity contribution is 5.85. The molecule has 0 aromatic heterocycles. The number of nitrogens with two attached hydrogens (primary N) is 1. The first-order valence-corrected chi connectivity index (χ1v) is 6.87. The Labute approximate surface area is 107 Å². The maximum Gasteiger partial charge on any atom is 0.323 e. The molecule has 1 heterocycles. The Morgan fingerprint density at radius 2 is 1.89 bits per heavy atom. The zero-order chi connectivity index (χ0) is 13.1. The third kappa shape index (κ3) is 2.83. The summed E-state index contributed by atoms with van der Waals surface area (Å²) in [7, 11) is 0. The number of amides is 1. The lowest BCUT2D eigenvalue weighted by atomic mass is 9.93. The van der Waals surface area contributed by atoms with Gasteiger partial charge in [0.2, 0.25) is 5.91 Å². The molecule has 2 atom stereocenters. The number of carbonyl (C=O) groups is 2.